The number of hydrogen-bond donors (Lipinski definition) is 2. The lowest BCUT2D eigenvalue weighted by Gasteiger charge is -2.32. The van der Waals surface area contributed by atoms with E-state index in [-0.39, 0.29) is 11.6 Å². The molecule has 7 heteroatoms. The number of nitrogens with zero attached hydrogens (tertiary/aromatic N) is 2. The van der Waals surface area contributed by atoms with Gasteiger partial charge in [-0.15, -0.1) is 0 Å². The molecule has 3 rings (SSSR count). The summed E-state index contributed by atoms with van der Waals surface area (Å²) in [4.78, 5) is 26.7. The maximum absolute atomic E-state index is 12.6. The van der Waals surface area contributed by atoms with Crippen LogP contribution in [0.4, 0.5) is 4.79 Å². The van der Waals surface area contributed by atoms with Crippen molar-refractivity contribution in [1.82, 2.24) is 14.8 Å². The molecule has 1 aromatic heterocycles. The van der Waals surface area contributed by atoms with E-state index in [1.807, 2.05) is 52.0 Å². The molecule has 2 heterocycles. The summed E-state index contributed by atoms with van der Waals surface area (Å²) < 4.78 is 7.32. The Morgan fingerprint density at radius 2 is 1.79 bits per heavy atom. The molecular formula is C21H28N4O3. The molecular weight excluding hydrogens is 356 g/mol. The second kappa shape index (κ2) is 7.22. The number of benzene rings is 1. The molecule has 0 fully saturated rings. The van der Waals surface area contributed by atoms with Crippen LogP contribution in [-0.4, -0.2) is 40.6 Å². The van der Waals surface area contributed by atoms with Crippen molar-refractivity contribution in [1.29, 1.82) is 0 Å². The van der Waals surface area contributed by atoms with Crippen molar-refractivity contribution < 1.29 is 14.3 Å². The average molecular weight is 384 g/mol. The molecule has 0 unspecified atom stereocenters. The van der Waals surface area contributed by atoms with E-state index in [9.17, 15) is 9.59 Å². The number of urea groups is 1. The number of aromatic nitrogens is 1. The zero-order chi connectivity index (χ0) is 20.6. The number of carbonyl (C=O) groups excluding carboxylic acids is 2. The van der Waals surface area contributed by atoms with E-state index in [4.69, 9.17) is 10.5 Å². The summed E-state index contributed by atoms with van der Waals surface area (Å²) in [5, 5.41) is 2.98. The van der Waals surface area contributed by atoms with E-state index in [0.29, 0.717) is 25.2 Å². The predicted octanol–water partition coefficient (Wildman–Crippen LogP) is 2.89. The Morgan fingerprint density at radius 1 is 1.14 bits per heavy atom. The van der Waals surface area contributed by atoms with Crippen LogP contribution in [0.1, 0.15) is 42.5 Å². The number of nitrogens with two attached hydrogens (primary N) is 1. The molecule has 1 aliphatic heterocycles. The molecule has 0 saturated heterocycles. The van der Waals surface area contributed by atoms with E-state index in [0.717, 1.165) is 28.3 Å². The van der Waals surface area contributed by atoms with Crippen LogP contribution in [0.25, 0.3) is 11.1 Å². The van der Waals surface area contributed by atoms with Crippen LogP contribution in [0, 0.1) is 6.92 Å². The van der Waals surface area contributed by atoms with Gasteiger partial charge in [-0.1, -0.05) is 12.1 Å². The van der Waals surface area contributed by atoms with E-state index >= 15 is 0 Å². The molecule has 0 saturated carbocycles. The molecule has 2 aromatic rings. The Bertz CT molecular complexity index is 907. The number of fused-ring (bicyclic) bond motifs is 1. The topological polar surface area (TPSA) is 89.6 Å². The van der Waals surface area contributed by atoms with Gasteiger partial charge in [0.05, 0.1) is 24.9 Å². The van der Waals surface area contributed by atoms with Gasteiger partial charge in [-0.25, -0.2) is 4.79 Å². The van der Waals surface area contributed by atoms with Crippen LogP contribution in [0.3, 0.4) is 0 Å². The zero-order valence-corrected chi connectivity index (χ0v) is 17.1. The minimum absolute atomic E-state index is 0.140. The highest BCUT2D eigenvalue weighted by Gasteiger charge is 2.31. The van der Waals surface area contributed by atoms with E-state index < -0.39 is 5.91 Å². The number of methoxy groups -OCH3 is 1. The Kier molecular flexibility index (Phi) is 5.10. The summed E-state index contributed by atoms with van der Waals surface area (Å²) in [5.74, 6) is 0.261. The summed E-state index contributed by atoms with van der Waals surface area (Å²) in [6.45, 7) is 9.35. The lowest BCUT2D eigenvalue weighted by atomic mass is 9.99. The number of ether oxygens (including phenoxy) is 1. The Labute approximate surface area is 165 Å². The molecule has 0 bridgehead atoms. The van der Waals surface area contributed by atoms with Crippen LogP contribution in [0.15, 0.2) is 24.3 Å². The lowest BCUT2D eigenvalue weighted by Crippen LogP contribution is -2.50. The van der Waals surface area contributed by atoms with Crippen molar-refractivity contribution in [2.75, 3.05) is 13.7 Å². The number of primary amides is 1. The smallest absolute Gasteiger partial charge is 0.318 e. The fourth-order valence-corrected chi connectivity index (χ4v) is 3.69. The maximum atomic E-state index is 12.6. The SMILES string of the molecule is COc1ccc(-c2c(C(N)=O)c3n(c2C)CCN(C(=O)NC(C)(C)C)C3)cc1. The van der Waals surface area contributed by atoms with Gasteiger partial charge in [0, 0.05) is 29.9 Å². The third-order valence-electron chi connectivity index (χ3n) is 4.96. The van der Waals surface area contributed by atoms with Crippen molar-refractivity contribution in [3.05, 3.63) is 41.2 Å². The van der Waals surface area contributed by atoms with Gasteiger partial charge in [-0.3, -0.25) is 4.79 Å². The molecule has 1 aromatic carbocycles. The fraction of sp³-hybridized carbons (Fsp3) is 0.429. The highest BCUT2D eigenvalue weighted by Crippen LogP contribution is 2.35. The number of amides is 3. The summed E-state index contributed by atoms with van der Waals surface area (Å²) in [7, 11) is 1.61. The number of rotatable bonds is 3. The van der Waals surface area contributed by atoms with Crippen LogP contribution < -0.4 is 15.8 Å². The first-order chi connectivity index (χ1) is 13.1. The molecule has 1 aliphatic rings. The first-order valence-corrected chi connectivity index (χ1v) is 9.35. The summed E-state index contributed by atoms with van der Waals surface area (Å²) in [6.07, 6.45) is 0. The van der Waals surface area contributed by atoms with Gasteiger partial charge < -0.3 is 25.3 Å². The van der Waals surface area contributed by atoms with Gasteiger partial charge in [0.1, 0.15) is 5.75 Å². The van der Waals surface area contributed by atoms with Gasteiger partial charge in [0.15, 0.2) is 0 Å². The number of hydrogen-bond acceptors (Lipinski definition) is 3. The van der Waals surface area contributed by atoms with E-state index in [1.165, 1.54) is 0 Å². The van der Waals surface area contributed by atoms with Gasteiger partial charge >= 0.3 is 6.03 Å². The van der Waals surface area contributed by atoms with Gasteiger partial charge in [0.25, 0.3) is 5.91 Å². The molecule has 0 atom stereocenters. The van der Waals surface area contributed by atoms with Crippen molar-refractivity contribution in [2.45, 2.75) is 46.3 Å². The molecule has 0 aliphatic carbocycles. The minimum Gasteiger partial charge on any atom is -0.497 e. The quantitative estimate of drug-likeness (QED) is 0.853. The second-order valence-corrected chi connectivity index (χ2v) is 8.13. The van der Waals surface area contributed by atoms with E-state index in [2.05, 4.69) is 9.88 Å². The average Bonchev–Trinajstić information content (AvgIpc) is 2.92. The predicted molar refractivity (Wildman–Crippen MR) is 108 cm³/mol. The summed E-state index contributed by atoms with van der Waals surface area (Å²) in [6, 6.07) is 7.42. The maximum Gasteiger partial charge on any atom is 0.318 e. The van der Waals surface area contributed by atoms with Gasteiger partial charge in [-0.2, -0.15) is 0 Å². The van der Waals surface area contributed by atoms with Crippen LogP contribution >= 0.6 is 0 Å². The molecule has 0 spiro atoms. The first kappa shape index (κ1) is 19.8. The Balaban J connectivity index is 2.02. The van der Waals surface area contributed by atoms with Crippen molar-refractivity contribution >= 4 is 11.9 Å². The molecule has 28 heavy (non-hydrogen) atoms. The Hall–Kier alpha value is -2.96. The highest BCUT2D eigenvalue weighted by molar-refractivity contribution is 6.02. The normalized spacial score (nSPS) is 13.8. The second-order valence-electron chi connectivity index (χ2n) is 8.13. The molecule has 150 valence electrons. The molecule has 7 nitrogen and oxygen atoms in total. The van der Waals surface area contributed by atoms with Crippen LogP contribution in [0.5, 0.6) is 5.75 Å². The third-order valence-corrected chi connectivity index (χ3v) is 4.96. The highest BCUT2D eigenvalue weighted by atomic mass is 16.5. The molecule has 3 amide bonds. The number of carbonyl (C=O) groups is 2. The largest absolute Gasteiger partial charge is 0.497 e. The third kappa shape index (κ3) is 3.69. The van der Waals surface area contributed by atoms with Gasteiger partial charge in [0.2, 0.25) is 0 Å². The van der Waals surface area contributed by atoms with Crippen LogP contribution in [0.2, 0.25) is 0 Å². The monoisotopic (exact) mass is 384 g/mol. The summed E-state index contributed by atoms with van der Waals surface area (Å²) in [5.41, 5.74) is 9.41. The van der Waals surface area contributed by atoms with Crippen molar-refractivity contribution in [3.8, 4) is 16.9 Å². The zero-order valence-electron chi connectivity index (χ0n) is 17.1. The standard InChI is InChI=1S/C21H28N4O3/c1-13-17(14-6-8-15(28-5)9-7-14)18(19(22)26)16-12-24(10-11-25(13)16)20(27)23-21(2,3)4/h6-9H,10-12H2,1-5H3,(H2,22,26)(H,23,27). The summed E-state index contributed by atoms with van der Waals surface area (Å²) >= 11 is 0. The molecule has 3 N–H and O–H groups in total. The lowest BCUT2D eigenvalue weighted by molar-refractivity contribution is 0.0997. The van der Waals surface area contributed by atoms with Crippen molar-refractivity contribution in [3.63, 3.8) is 0 Å². The first-order valence-electron chi connectivity index (χ1n) is 9.35. The number of nitrogens with one attached hydrogen (secondary N) is 1. The molecule has 0 radical (unpaired) electrons. The van der Waals surface area contributed by atoms with Crippen LogP contribution in [-0.2, 0) is 13.1 Å². The van der Waals surface area contributed by atoms with Crippen molar-refractivity contribution in [2.24, 2.45) is 5.73 Å². The Morgan fingerprint density at radius 3 is 2.32 bits per heavy atom. The van der Waals surface area contributed by atoms with Gasteiger partial charge in [-0.05, 0) is 45.4 Å². The van der Waals surface area contributed by atoms with E-state index in [1.54, 1.807) is 12.0 Å². The fourth-order valence-electron chi connectivity index (χ4n) is 3.69. The minimum atomic E-state index is -0.485.